The molecule has 0 N–H and O–H groups in total. The van der Waals surface area contributed by atoms with E-state index < -0.39 is 0 Å². The molecule has 0 bridgehead atoms. The molecule has 0 saturated carbocycles. The second kappa shape index (κ2) is 9.84. The number of halogens is 1. The van der Waals surface area contributed by atoms with Gasteiger partial charge in [-0.25, -0.2) is 0 Å². The number of nitrogens with zero attached hydrogens (tertiary/aromatic N) is 1. The predicted octanol–water partition coefficient (Wildman–Crippen LogP) is 4.55. The molecule has 1 atom stereocenters. The van der Waals surface area contributed by atoms with Crippen LogP contribution in [0.15, 0.2) is 42.5 Å². The first-order valence-corrected chi connectivity index (χ1v) is 9.27. The average Bonchev–Trinajstić information content (AvgIpc) is 2.68. The lowest BCUT2D eigenvalue weighted by atomic mass is 9.87. The van der Waals surface area contributed by atoms with Crippen molar-refractivity contribution in [2.75, 3.05) is 27.3 Å². The molecule has 3 nitrogen and oxygen atoms in total. The SMILES string of the molecule is CCN(CCc1ccccc1)C1CCc2cc(OC)c(OC)cc2C1.Cl. The molecular weight excluding hydrogens is 346 g/mol. The van der Waals surface area contributed by atoms with Crippen LogP contribution < -0.4 is 9.47 Å². The van der Waals surface area contributed by atoms with Crippen molar-refractivity contribution >= 4 is 12.4 Å². The Labute approximate surface area is 163 Å². The minimum atomic E-state index is 0. The van der Waals surface area contributed by atoms with E-state index >= 15 is 0 Å². The molecule has 3 rings (SSSR count). The van der Waals surface area contributed by atoms with Gasteiger partial charge in [-0.3, -0.25) is 4.90 Å². The summed E-state index contributed by atoms with van der Waals surface area (Å²) in [5.74, 6) is 1.69. The van der Waals surface area contributed by atoms with Crippen LogP contribution in [-0.4, -0.2) is 38.3 Å². The van der Waals surface area contributed by atoms with Gasteiger partial charge in [-0.2, -0.15) is 0 Å². The Morgan fingerprint density at radius 3 is 2.27 bits per heavy atom. The van der Waals surface area contributed by atoms with Gasteiger partial charge in [0.05, 0.1) is 14.2 Å². The maximum absolute atomic E-state index is 5.49. The largest absolute Gasteiger partial charge is 0.493 e. The molecule has 0 fully saturated rings. The van der Waals surface area contributed by atoms with Crippen molar-refractivity contribution < 1.29 is 9.47 Å². The molecule has 0 aliphatic heterocycles. The van der Waals surface area contributed by atoms with Crippen molar-refractivity contribution in [2.24, 2.45) is 0 Å². The van der Waals surface area contributed by atoms with Crippen LogP contribution >= 0.6 is 12.4 Å². The Kier molecular flexibility index (Phi) is 7.80. The third-order valence-corrected chi connectivity index (χ3v) is 5.36. The number of rotatable bonds is 7. The summed E-state index contributed by atoms with van der Waals surface area (Å²) >= 11 is 0. The molecule has 1 aliphatic rings. The van der Waals surface area contributed by atoms with Crippen molar-refractivity contribution in [2.45, 2.75) is 38.6 Å². The van der Waals surface area contributed by atoms with Crippen molar-refractivity contribution in [3.8, 4) is 11.5 Å². The first-order chi connectivity index (χ1) is 12.2. The Bertz CT molecular complexity index is 690. The minimum Gasteiger partial charge on any atom is -0.493 e. The zero-order chi connectivity index (χ0) is 17.6. The summed E-state index contributed by atoms with van der Waals surface area (Å²) in [6.07, 6.45) is 4.54. The van der Waals surface area contributed by atoms with E-state index in [1.54, 1.807) is 14.2 Å². The minimum absolute atomic E-state index is 0. The molecule has 2 aromatic rings. The Hall–Kier alpha value is -1.71. The zero-order valence-corrected chi connectivity index (χ0v) is 16.8. The fraction of sp³-hybridized carbons (Fsp3) is 0.455. The van der Waals surface area contributed by atoms with Gasteiger partial charge >= 0.3 is 0 Å². The first-order valence-electron chi connectivity index (χ1n) is 9.27. The van der Waals surface area contributed by atoms with Crippen LogP contribution in [0.4, 0.5) is 0 Å². The molecule has 0 saturated heterocycles. The van der Waals surface area contributed by atoms with E-state index in [1.807, 2.05) is 0 Å². The van der Waals surface area contributed by atoms with Gasteiger partial charge in [0.2, 0.25) is 0 Å². The molecule has 0 heterocycles. The van der Waals surface area contributed by atoms with Crippen molar-refractivity contribution in [1.82, 2.24) is 4.90 Å². The molecule has 0 radical (unpaired) electrons. The Balaban J connectivity index is 0.00000243. The van der Waals surface area contributed by atoms with Gasteiger partial charge in [0, 0.05) is 12.6 Å². The van der Waals surface area contributed by atoms with Crippen LogP contribution in [0.1, 0.15) is 30.0 Å². The summed E-state index contributed by atoms with van der Waals surface area (Å²) in [5, 5.41) is 0. The number of hydrogen-bond acceptors (Lipinski definition) is 3. The number of likely N-dealkylation sites (N-methyl/N-ethyl adjacent to an activating group) is 1. The maximum Gasteiger partial charge on any atom is 0.161 e. The van der Waals surface area contributed by atoms with Gasteiger partial charge in [-0.1, -0.05) is 37.3 Å². The summed E-state index contributed by atoms with van der Waals surface area (Å²) < 4.78 is 10.9. The molecule has 0 spiro atoms. The standard InChI is InChI=1S/C22H29NO2.ClH/c1-4-23(13-12-17-8-6-5-7-9-17)20-11-10-18-15-21(24-2)22(25-3)16-19(18)14-20;/h5-9,15-16,20H,4,10-14H2,1-3H3;1H. The maximum atomic E-state index is 5.49. The number of methoxy groups -OCH3 is 2. The van der Waals surface area contributed by atoms with Crippen LogP contribution in [0.3, 0.4) is 0 Å². The Morgan fingerprint density at radius 2 is 1.65 bits per heavy atom. The lowest BCUT2D eigenvalue weighted by molar-refractivity contribution is 0.191. The van der Waals surface area contributed by atoms with E-state index in [0.29, 0.717) is 6.04 Å². The van der Waals surface area contributed by atoms with Gasteiger partial charge in [0.1, 0.15) is 0 Å². The van der Waals surface area contributed by atoms with Crippen LogP contribution in [-0.2, 0) is 19.3 Å². The molecule has 1 aliphatic carbocycles. The van der Waals surface area contributed by atoms with Crippen LogP contribution in [0.25, 0.3) is 0 Å². The van der Waals surface area contributed by atoms with Crippen molar-refractivity contribution in [1.29, 1.82) is 0 Å². The van der Waals surface area contributed by atoms with Gasteiger partial charge < -0.3 is 9.47 Å². The van der Waals surface area contributed by atoms with E-state index in [2.05, 4.69) is 54.3 Å². The highest BCUT2D eigenvalue weighted by Crippen LogP contribution is 2.35. The van der Waals surface area contributed by atoms with Crippen molar-refractivity contribution in [3.05, 3.63) is 59.2 Å². The third kappa shape index (κ3) is 4.72. The smallest absolute Gasteiger partial charge is 0.161 e. The molecule has 0 aromatic heterocycles. The van der Waals surface area contributed by atoms with Crippen molar-refractivity contribution in [3.63, 3.8) is 0 Å². The molecule has 26 heavy (non-hydrogen) atoms. The number of aryl methyl sites for hydroxylation is 1. The van der Waals surface area contributed by atoms with E-state index in [4.69, 9.17) is 9.47 Å². The molecular formula is C22H30ClNO2. The molecule has 1 unspecified atom stereocenters. The van der Waals surface area contributed by atoms with Crippen LogP contribution in [0.2, 0.25) is 0 Å². The van der Waals surface area contributed by atoms with E-state index in [9.17, 15) is 0 Å². The lowest BCUT2D eigenvalue weighted by Gasteiger charge is -2.35. The second-order valence-electron chi connectivity index (χ2n) is 6.74. The third-order valence-electron chi connectivity index (χ3n) is 5.36. The van der Waals surface area contributed by atoms with Gasteiger partial charge in [-0.15, -0.1) is 12.4 Å². The molecule has 2 aromatic carbocycles. The zero-order valence-electron chi connectivity index (χ0n) is 16.0. The Morgan fingerprint density at radius 1 is 1.00 bits per heavy atom. The van der Waals surface area contributed by atoms with E-state index in [0.717, 1.165) is 43.9 Å². The second-order valence-corrected chi connectivity index (χ2v) is 6.74. The summed E-state index contributed by atoms with van der Waals surface area (Å²) in [7, 11) is 3.42. The highest BCUT2D eigenvalue weighted by Gasteiger charge is 2.25. The highest BCUT2D eigenvalue weighted by atomic mass is 35.5. The molecule has 4 heteroatoms. The summed E-state index contributed by atoms with van der Waals surface area (Å²) in [6, 6.07) is 15.7. The van der Waals surface area contributed by atoms with E-state index in [-0.39, 0.29) is 12.4 Å². The fourth-order valence-corrected chi connectivity index (χ4v) is 3.89. The average molecular weight is 376 g/mol. The quantitative estimate of drug-likeness (QED) is 0.708. The number of benzene rings is 2. The van der Waals surface area contributed by atoms with Gasteiger partial charge in [0.15, 0.2) is 11.5 Å². The first kappa shape index (κ1) is 20.6. The van der Waals surface area contributed by atoms with Gasteiger partial charge in [0.25, 0.3) is 0 Å². The topological polar surface area (TPSA) is 21.7 Å². The van der Waals surface area contributed by atoms with Gasteiger partial charge in [-0.05, 0) is 61.1 Å². The number of ether oxygens (including phenoxy) is 2. The lowest BCUT2D eigenvalue weighted by Crippen LogP contribution is -2.40. The summed E-state index contributed by atoms with van der Waals surface area (Å²) in [6.45, 7) is 4.49. The number of fused-ring (bicyclic) bond motifs is 1. The molecule has 142 valence electrons. The van der Waals surface area contributed by atoms with Crippen LogP contribution in [0.5, 0.6) is 11.5 Å². The highest BCUT2D eigenvalue weighted by molar-refractivity contribution is 5.85. The monoisotopic (exact) mass is 375 g/mol. The van der Waals surface area contributed by atoms with E-state index in [1.165, 1.54) is 23.1 Å². The summed E-state index contributed by atoms with van der Waals surface area (Å²) in [5.41, 5.74) is 4.24. The normalized spacial score (nSPS) is 15.9. The molecule has 0 amide bonds. The number of hydrogen-bond donors (Lipinski definition) is 0. The van der Waals surface area contributed by atoms with Crippen LogP contribution in [0, 0.1) is 0 Å². The predicted molar refractivity (Wildman–Crippen MR) is 110 cm³/mol. The summed E-state index contributed by atoms with van der Waals surface area (Å²) in [4.78, 5) is 2.63. The fourth-order valence-electron chi connectivity index (χ4n) is 3.89.